The van der Waals surface area contributed by atoms with Crippen LogP contribution in [0.4, 0.5) is 10.5 Å². The van der Waals surface area contributed by atoms with E-state index in [-0.39, 0.29) is 0 Å². The van der Waals surface area contributed by atoms with Gasteiger partial charge < -0.3 is 10.0 Å². The van der Waals surface area contributed by atoms with Gasteiger partial charge in [-0.25, -0.2) is 4.79 Å². The van der Waals surface area contributed by atoms with Gasteiger partial charge in [-0.15, -0.1) is 0 Å². The van der Waals surface area contributed by atoms with Crippen molar-refractivity contribution in [2.75, 3.05) is 19.0 Å². The van der Waals surface area contributed by atoms with Crippen LogP contribution < -0.4 is 4.90 Å². The Kier molecular flexibility index (Phi) is 2.26. The topological polar surface area (TPSA) is 43.8 Å². The van der Waals surface area contributed by atoms with Crippen LogP contribution in [0.25, 0.3) is 0 Å². The second kappa shape index (κ2) is 3.46. The van der Waals surface area contributed by atoms with Gasteiger partial charge in [-0.2, -0.15) is 0 Å². The quantitative estimate of drug-likeness (QED) is 0.761. The smallest absolute Gasteiger partial charge is 0.407 e. The highest BCUT2D eigenvalue weighted by atomic mass is 16.4. The maximum absolute atomic E-state index is 10.9. The Morgan fingerprint density at radius 3 is 2.73 bits per heavy atom. The first-order valence-electron chi connectivity index (χ1n) is 4.85. The van der Waals surface area contributed by atoms with Crippen LogP contribution in [0.15, 0.2) is 18.2 Å². The molecule has 80 valence electrons. The molecule has 1 amide bonds. The number of fused-ring (bicyclic) bond motifs is 1. The summed E-state index contributed by atoms with van der Waals surface area (Å²) < 4.78 is 0. The van der Waals surface area contributed by atoms with E-state index in [1.165, 1.54) is 4.90 Å². The largest absolute Gasteiger partial charge is 0.465 e. The molecular formula is C11H14N2O2. The molecule has 1 aliphatic heterocycles. The summed E-state index contributed by atoms with van der Waals surface area (Å²) in [5.41, 5.74) is 3.35. The molecule has 0 aromatic heterocycles. The molecule has 1 aromatic rings. The zero-order chi connectivity index (χ0) is 11.0. The zero-order valence-electron chi connectivity index (χ0n) is 8.90. The van der Waals surface area contributed by atoms with Crippen molar-refractivity contribution in [3.63, 3.8) is 0 Å². The van der Waals surface area contributed by atoms with Crippen molar-refractivity contribution in [3.05, 3.63) is 29.3 Å². The third kappa shape index (κ3) is 1.63. The number of hydrogen-bond acceptors (Lipinski definition) is 2. The normalized spacial score (nSPS) is 13.9. The Balaban J connectivity index is 2.37. The molecule has 0 fully saturated rings. The number of anilines is 1. The molecule has 0 atom stereocenters. The molecule has 0 unspecified atom stereocenters. The molecule has 1 heterocycles. The fourth-order valence-corrected chi connectivity index (χ4v) is 1.96. The van der Waals surface area contributed by atoms with Gasteiger partial charge in [-0.05, 0) is 17.2 Å². The van der Waals surface area contributed by atoms with Crippen molar-refractivity contribution in [2.45, 2.75) is 13.1 Å². The highest BCUT2D eigenvalue weighted by molar-refractivity contribution is 5.68. The van der Waals surface area contributed by atoms with Crippen molar-refractivity contribution in [1.82, 2.24) is 4.90 Å². The summed E-state index contributed by atoms with van der Waals surface area (Å²) in [6.45, 7) is 1.01. The molecule has 4 heteroatoms. The van der Waals surface area contributed by atoms with Gasteiger partial charge in [0.05, 0.1) is 6.54 Å². The maximum Gasteiger partial charge on any atom is 0.407 e. The van der Waals surface area contributed by atoms with Crippen LogP contribution >= 0.6 is 0 Å². The Labute approximate surface area is 88.7 Å². The molecular weight excluding hydrogens is 192 g/mol. The number of amides is 1. The third-order valence-corrected chi connectivity index (χ3v) is 2.71. The van der Waals surface area contributed by atoms with Crippen LogP contribution in [-0.2, 0) is 13.1 Å². The first kappa shape index (κ1) is 9.83. The van der Waals surface area contributed by atoms with E-state index in [4.69, 9.17) is 5.11 Å². The molecule has 0 spiro atoms. The number of rotatable bonds is 1. The van der Waals surface area contributed by atoms with E-state index in [0.717, 1.165) is 16.8 Å². The second-order valence-corrected chi connectivity index (χ2v) is 3.95. The fourth-order valence-electron chi connectivity index (χ4n) is 1.96. The van der Waals surface area contributed by atoms with E-state index in [1.807, 2.05) is 37.2 Å². The summed E-state index contributed by atoms with van der Waals surface area (Å²) >= 11 is 0. The van der Waals surface area contributed by atoms with Crippen molar-refractivity contribution < 1.29 is 9.90 Å². The molecule has 4 nitrogen and oxygen atoms in total. The monoisotopic (exact) mass is 206 g/mol. The van der Waals surface area contributed by atoms with Gasteiger partial charge in [0.25, 0.3) is 0 Å². The van der Waals surface area contributed by atoms with Gasteiger partial charge in [-0.1, -0.05) is 12.1 Å². The van der Waals surface area contributed by atoms with Gasteiger partial charge in [-0.3, -0.25) is 4.90 Å². The fraction of sp³-hybridized carbons (Fsp3) is 0.364. The van der Waals surface area contributed by atoms with Crippen LogP contribution in [0, 0.1) is 0 Å². The predicted molar refractivity (Wildman–Crippen MR) is 58.0 cm³/mol. The lowest BCUT2D eigenvalue weighted by atomic mass is 10.1. The molecule has 0 aliphatic carbocycles. The van der Waals surface area contributed by atoms with Crippen molar-refractivity contribution in [1.29, 1.82) is 0 Å². The van der Waals surface area contributed by atoms with Crippen LogP contribution in [0.1, 0.15) is 11.1 Å². The summed E-state index contributed by atoms with van der Waals surface area (Å²) in [5.74, 6) is 0. The molecule has 0 saturated carbocycles. The first-order chi connectivity index (χ1) is 7.09. The average Bonchev–Trinajstić information content (AvgIpc) is 2.60. The number of carboxylic acid groups (broad SMARTS) is 1. The van der Waals surface area contributed by atoms with Crippen molar-refractivity contribution in [3.8, 4) is 0 Å². The van der Waals surface area contributed by atoms with Gasteiger partial charge in [0, 0.05) is 26.3 Å². The van der Waals surface area contributed by atoms with Crippen LogP contribution in [0.2, 0.25) is 0 Å². The molecule has 0 bridgehead atoms. The minimum absolute atomic E-state index is 0.499. The van der Waals surface area contributed by atoms with E-state index in [1.54, 1.807) is 0 Å². The SMILES string of the molecule is CN(C)c1cccc2c1CN(C(=O)O)C2. The Bertz CT molecular complexity index is 402. The minimum Gasteiger partial charge on any atom is -0.465 e. The van der Waals surface area contributed by atoms with Crippen molar-refractivity contribution in [2.24, 2.45) is 0 Å². The van der Waals surface area contributed by atoms with E-state index in [0.29, 0.717) is 13.1 Å². The molecule has 0 saturated heterocycles. The van der Waals surface area contributed by atoms with E-state index >= 15 is 0 Å². The minimum atomic E-state index is -0.851. The lowest BCUT2D eigenvalue weighted by Gasteiger charge is -2.16. The number of hydrogen-bond donors (Lipinski definition) is 1. The summed E-state index contributed by atoms with van der Waals surface area (Å²) in [6, 6.07) is 5.98. The lowest BCUT2D eigenvalue weighted by Crippen LogP contribution is -2.23. The molecule has 1 N–H and O–H groups in total. The Morgan fingerprint density at radius 1 is 1.40 bits per heavy atom. The Morgan fingerprint density at radius 2 is 2.13 bits per heavy atom. The summed E-state index contributed by atoms with van der Waals surface area (Å²) in [5, 5.41) is 8.93. The zero-order valence-corrected chi connectivity index (χ0v) is 8.90. The highest BCUT2D eigenvalue weighted by Gasteiger charge is 2.25. The van der Waals surface area contributed by atoms with Gasteiger partial charge >= 0.3 is 6.09 Å². The summed E-state index contributed by atoms with van der Waals surface area (Å²) in [6.07, 6.45) is -0.851. The lowest BCUT2D eigenvalue weighted by molar-refractivity contribution is 0.145. The van der Waals surface area contributed by atoms with Gasteiger partial charge in [0.2, 0.25) is 0 Å². The molecule has 1 aliphatic rings. The third-order valence-electron chi connectivity index (χ3n) is 2.71. The summed E-state index contributed by atoms with van der Waals surface area (Å²) in [7, 11) is 3.94. The second-order valence-electron chi connectivity index (χ2n) is 3.95. The predicted octanol–water partition coefficient (Wildman–Crippen LogP) is 1.75. The number of nitrogens with zero attached hydrogens (tertiary/aromatic N) is 2. The molecule has 15 heavy (non-hydrogen) atoms. The molecule has 2 rings (SSSR count). The van der Waals surface area contributed by atoms with Crippen molar-refractivity contribution >= 4 is 11.8 Å². The van der Waals surface area contributed by atoms with Crippen LogP contribution in [-0.4, -0.2) is 30.2 Å². The molecule has 1 aromatic carbocycles. The Hall–Kier alpha value is -1.71. The first-order valence-corrected chi connectivity index (χ1v) is 4.85. The van der Waals surface area contributed by atoms with Gasteiger partial charge in [0.1, 0.15) is 0 Å². The van der Waals surface area contributed by atoms with E-state index in [9.17, 15) is 4.79 Å². The molecule has 0 radical (unpaired) electrons. The van der Waals surface area contributed by atoms with Crippen LogP contribution in [0.5, 0.6) is 0 Å². The van der Waals surface area contributed by atoms with Crippen LogP contribution in [0.3, 0.4) is 0 Å². The van der Waals surface area contributed by atoms with Gasteiger partial charge in [0.15, 0.2) is 0 Å². The summed E-state index contributed by atoms with van der Waals surface area (Å²) in [4.78, 5) is 14.3. The maximum atomic E-state index is 10.9. The highest BCUT2D eigenvalue weighted by Crippen LogP contribution is 2.30. The number of carbonyl (C=O) groups is 1. The average molecular weight is 206 g/mol. The van der Waals surface area contributed by atoms with E-state index in [2.05, 4.69) is 0 Å². The van der Waals surface area contributed by atoms with E-state index < -0.39 is 6.09 Å². The standard InChI is InChI=1S/C11H14N2O2/c1-12(2)10-5-3-4-8-6-13(11(14)15)7-9(8)10/h3-5H,6-7H2,1-2H3,(H,14,15). The number of benzene rings is 1.